The number of aromatic nitrogens is 3. The highest BCUT2D eigenvalue weighted by molar-refractivity contribution is 6.29. The number of hydrogen-bond acceptors (Lipinski definition) is 5. The second kappa shape index (κ2) is 7.33. The predicted octanol–water partition coefficient (Wildman–Crippen LogP) is 1.79. The minimum Gasteiger partial charge on any atom is -0.383 e. The summed E-state index contributed by atoms with van der Waals surface area (Å²) < 4.78 is 7.82. The van der Waals surface area contributed by atoms with Gasteiger partial charge in [-0.05, 0) is 18.6 Å². The number of methoxy groups -OCH3 is 1. The number of pyridine rings is 1. The molecule has 3 heterocycles. The van der Waals surface area contributed by atoms with Crippen molar-refractivity contribution in [2.45, 2.75) is 32.9 Å². The van der Waals surface area contributed by atoms with Crippen molar-refractivity contribution >= 4 is 23.1 Å². The zero-order chi connectivity index (χ0) is 18.0. The van der Waals surface area contributed by atoms with Crippen molar-refractivity contribution in [2.75, 3.05) is 13.7 Å². The Kier molecular flexibility index (Phi) is 5.15. The summed E-state index contributed by atoms with van der Waals surface area (Å²) in [5, 5.41) is 0.393. The molecule has 0 fully saturated rings. The van der Waals surface area contributed by atoms with Crippen molar-refractivity contribution in [3.63, 3.8) is 0 Å². The lowest BCUT2D eigenvalue weighted by molar-refractivity contribution is 0.184. The molecule has 1 aliphatic heterocycles. The van der Waals surface area contributed by atoms with E-state index in [9.17, 15) is 9.59 Å². The molecule has 0 bridgehead atoms. The summed E-state index contributed by atoms with van der Waals surface area (Å²) in [6.45, 7) is 3.01. The van der Waals surface area contributed by atoms with Crippen LogP contribution in [0.3, 0.4) is 0 Å². The van der Waals surface area contributed by atoms with Crippen molar-refractivity contribution < 1.29 is 4.74 Å². The fraction of sp³-hybridized carbons (Fsp3) is 0.412. The quantitative estimate of drug-likeness (QED) is 0.734. The number of hydrogen-bond donors (Lipinski definition) is 0. The summed E-state index contributed by atoms with van der Waals surface area (Å²) in [5.41, 5.74) is 1.39. The molecule has 2 aromatic rings. The molecule has 25 heavy (non-hydrogen) atoms. The van der Waals surface area contributed by atoms with Gasteiger partial charge in [0.25, 0.3) is 5.56 Å². The molecule has 0 unspecified atom stereocenters. The maximum atomic E-state index is 12.8. The number of ether oxygens (including phenoxy) is 1. The smallest absolute Gasteiger partial charge is 0.332 e. The maximum absolute atomic E-state index is 12.8. The molecule has 0 radical (unpaired) electrons. The minimum atomic E-state index is -0.345. The monoisotopic (exact) mass is 362 g/mol. The number of aliphatic imine (C=N–C) groups is 1. The van der Waals surface area contributed by atoms with E-state index in [0.717, 1.165) is 12.0 Å². The van der Waals surface area contributed by atoms with E-state index in [1.54, 1.807) is 16.8 Å². The van der Waals surface area contributed by atoms with Crippen LogP contribution in [0.25, 0.3) is 0 Å². The SMILES string of the molecule is CCCn1c2c(c(=O)n(CCOC)c1=O)CC(c1ccc(Cl)nc1)=N2. The summed E-state index contributed by atoms with van der Waals surface area (Å²) in [6.07, 6.45) is 2.76. The minimum absolute atomic E-state index is 0.225. The Bertz CT molecular complexity index is 929. The molecule has 132 valence electrons. The third-order valence-corrected chi connectivity index (χ3v) is 4.33. The fourth-order valence-electron chi connectivity index (χ4n) is 2.88. The molecule has 0 spiro atoms. The van der Waals surface area contributed by atoms with Gasteiger partial charge in [-0.1, -0.05) is 18.5 Å². The Morgan fingerprint density at radius 3 is 2.68 bits per heavy atom. The Hall–Kier alpha value is -2.25. The molecule has 0 saturated heterocycles. The first-order valence-corrected chi connectivity index (χ1v) is 8.49. The summed E-state index contributed by atoms with van der Waals surface area (Å²) in [4.78, 5) is 34.1. The van der Waals surface area contributed by atoms with Crippen molar-refractivity contribution in [1.82, 2.24) is 14.1 Å². The zero-order valence-electron chi connectivity index (χ0n) is 14.2. The normalized spacial score (nSPS) is 13.0. The molecule has 0 atom stereocenters. The standard InChI is InChI=1S/C17H19ClN4O3/c1-3-6-21-15-12(16(23)22(17(21)24)7-8-25-2)9-13(20-15)11-4-5-14(18)19-10-11/h4-5,10H,3,6-9H2,1-2H3. The van der Waals surface area contributed by atoms with Crippen LogP contribution in [0.2, 0.25) is 5.15 Å². The van der Waals surface area contributed by atoms with E-state index in [2.05, 4.69) is 9.98 Å². The van der Waals surface area contributed by atoms with Crippen LogP contribution < -0.4 is 11.2 Å². The van der Waals surface area contributed by atoms with Crippen LogP contribution in [0.4, 0.5) is 5.82 Å². The maximum Gasteiger partial charge on any atom is 0.332 e. The predicted molar refractivity (Wildman–Crippen MR) is 96.3 cm³/mol. The Morgan fingerprint density at radius 1 is 1.24 bits per heavy atom. The van der Waals surface area contributed by atoms with Crippen molar-refractivity contribution in [3.05, 3.63) is 55.4 Å². The van der Waals surface area contributed by atoms with E-state index >= 15 is 0 Å². The number of rotatable bonds is 6. The first kappa shape index (κ1) is 17.6. The third-order valence-electron chi connectivity index (χ3n) is 4.10. The first-order valence-electron chi connectivity index (χ1n) is 8.11. The van der Waals surface area contributed by atoms with E-state index < -0.39 is 0 Å². The van der Waals surface area contributed by atoms with Gasteiger partial charge in [-0.15, -0.1) is 0 Å². The molecule has 8 heteroatoms. The molecular formula is C17H19ClN4O3. The van der Waals surface area contributed by atoms with Gasteiger partial charge in [-0.25, -0.2) is 14.8 Å². The average Bonchev–Trinajstić information content (AvgIpc) is 3.04. The second-order valence-electron chi connectivity index (χ2n) is 5.79. The third kappa shape index (κ3) is 3.29. The number of halogens is 1. The second-order valence-corrected chi connectivity index (χ2v) is 6.18. The van der Waals surface area contributed by atoms with Gasteiger partial charge in [0.2, 0.25) is 0 Å². The molecule has 3 rings (SSSR count). The summed E-state index contributed by atoms with van der Waals surface area (Å²) in [6, 6.07) is 3.49. The van der Waals surface area contributed by atoms with E-state index in [1.165, 1.54) is 11.7 Å². The van der Waals surface area contributed by atoms with Crippen LogP contribution in [-0.2, 0) is 24.2 Å². The van der Waals surface area contributed by atoms with Gasteiger partial charge in [-0.3, -0.25) is 13.9 Å². The van der Waals surface area contributed by atoms with Gasteiger partial charge in [-0.2, -0.15) is 0 Å². The molecule has 0 amide bonds. The number of fused-ring (bicyclic) bond motifs is 1. The molecule has 7 nitrogen and oxygen atoms in total. The largest absolute Gasteiger partial charge is 0.383 e. The molecule has 1 aliphatic rings. The molecule has 0 N–H and O–H groups in total. The van der Waals surface area contributed by atoms with E-state index in [4.69, 9.17) is 16.3 Å². The Morgan fingerprint density at radius 2 is 2.04 bits per heavy atom. The Labute approximate surface area is 149 Å². The van der Waals surface area contributed by atoms with Gasteiger partial charge >= 0.3 is 5.69 Å². The Balaban J connectivity index is 2.11. The van der Waals surface area contributed by atoms with Crippen molar-refractivity contribution in [3.8, 4) is 0 Å². The van der Waals surface area contributed by atoms with E-state index in [-0.39, 0.29) is 17.8 Å². The van der Waals surface area contributed by atoms with Gasteiger partial charge in [0.05, 0.1) is 24.4 Å². The first-order chi connectivity index (χ1) is 12.1. The van der Waals surface area contributed by atoms with Gasteiger partial charge < -0.3 is 4.74 Å². The van der Waals surface area contributed by atoms with Gasteiger partial charge in [0, 0.05) is 31.8 Å². The summed E-state index contributed by atoms with van der Waals surface area (Å²) in [7, 11) is 1.54. The molecular weight excluding hydrogens is 344 g/mol. The highest BCUT2D eigenvalue weighted by Gasteiger charge is 2.25. The van der Waals surface area contributed by atoms with Crippen molar-refractivity contribution in [1.29, 1.82) is 0 Å². The van der Waals surface area contributed by atoms with E-state index in [0.29, 0.717) is 41.8 Å². The number of nitrogens with zero attached hydrogens (tertiary/aromatic N) is 4. The zero-order valence-corrected chi connectivity index (χ0v) is 14.9. The highest BCUT2D eigenvalue weighted by atomic mass is 35.5. The molecule has 0 aromatic carbocycles. The van der Waals surface area contributed by atoms with Gasteiger partial charge in [0.1, 0.15) is 11.0 Å². The van der Waals surface area contributed by atoms with Crippen LogP contribution in [0, 0.1) is 0 Å². The highest BCUT2D eigenvalue weighted by Crippen LogP contribution is 2.25. The van der Waals surface area contributed by atoms with Crippen LogP contribution in [0.5, 0.6) is 0 Å². The van der Waals surface area contributed by atoms with Crippen LogP contribution >= 0.6 is 11.6 Å². The summed E-state index contributed by atoms with van der Waals surface area (Å²) >= 11 is 5.83. The fourth-order valence-corrected chi connectivity index (χ4v) is 2.99. The average molecular weight is 363 g/mol. The molecule has 2 aromatic heterocycles. The molecule has 0 saturated carbocycles. The van der Waals surface area contributed by atoms with E-state index in [1.807, 2.05) is 13.0 Å². The molecule has 0 aliphatic carbocycles. The topological polar surface area (TPSA) is 78.5 Å². The van der Waals surface area contributed by atoms with Crippen LogP contribution in [-0.4, -0.2) is 33.5 Å². The summed E-state index contributed by atoms with van der Waals surface area (Å²) in [5.74, 6) is 0.454. The van der Waals surface area contributed by atoms with Crippen molar-refractivity contribution in [2.24, 2.45) is 4.99 Å². The lowest BCUT2D eigenvalue weighted by Gasteiger charge is -2.13. The van der Waals surface area contributed by atoms with Crippen LogP contribution in [0.1, 0.15) is 24.5 Å². The van der Waals surface area contributed by atoms with Gasteiger partial charge in [0.15, 0.2) is 0 Å². The van der Waals surface area contributed by atoms with Crippen LogP contribution in [0.15, 0.2) is 32.9 Å². The lowest BCUT2D eigenvalue weighted by Crippen LogP contribution is -2.42. The lowest BCUT2D eigenvalue weighted by atomic mass is 10.1.